The van der Waals surface area contributed by atoms with Crippen LogP contribution in [0.5, 0.6) is 0 Å². The lowest BCUT2D eigenvalue weighted by Gasteiger charge is -1.99. The van der Waals surface area contributed by atoms with Crippen LogP contribution in [0.25, 0.3) is 10.9 Å². The van der Waals surface area contributed by atoms with E-state index < -0.39 is 0 Å². The van der Waals surface area contributed by atoms with Crippen molar-refractivity contribution < 1.29 is 4.79 Å². The molecule has 2 N–H and O–H groups in total. The molecule has 0 atom stereocenters. The molecule has 0 aliphatic carbocycles. The molecule has 1 aromatic carbocycles. The van der Waals surface area contributed by atoms with Gasteiger partial charge in [0.25, 0.3) is 11.5 Å². The minimum absolute atomic E-state index is 0.247. The summed E-state index contributed by atoms with van der Waals surface area (Å²) < 4.78 is 0. The number of amides is 1. The Bertz CT molecular complexity index is 866. The van der Waals surface area contributed by atoms with Gasteiger partial charge in [0.2, 0.25) is 0 Å². The number of fused-ring (bicyclic) bond motifs is 1. The molecule has 0 saturated carbocycles. The number of pyridine rings is 1. The first-order chi connectivity index (χ1) is 10.2. The molecule has 0 fully saturated rings. The largest absolute Gasteiger partial charge is 0.321 e. The van der Waals surface area contributed by atoms with E-state index in [0.717, 1.165) is 10.9 Å². The fourth-order valence-electron chi connectivity index (χ4n) is 1.88. The molecule has 0 aliphatic heterocycles. The second-order valence-corrected chi connectivity index (χ2v) is 5.27. The number of hydrogen-bond acceptors (Lipinski definition) is 4. The SMILES string of the molecule is O=C(N/N=C/c1cc2ccccc2[nH]c1=O)c1cccs1. The van der Waals surface area contributed by atoms with E-state index >= 15 is 0 Å². The van der Waals surface area contributed by atoms with Crippen LogP contribution in [0.1, 0.15) is 15.2 Å². The quantitative estimate of drug-likeness (QED) is 0.575. The molecule has 21 heavy (non-hydrogen) atoms. The van der Waals surface area contributed by atoms with Crippen molar-refractivity contribution in [2.24, 2.45) is 5.10 Å². The zero-order valence-corrected chi connectivity index (χ0v) is 11.7. The summed E-state index contributed by atoms with van der Waals surface area (Å²) in [5.41, 5.74) is 3.30. The lowest BCUT2D eigenvalue weighted by Crippen LogP contribution is -2.18. The summed E-state index contributed by atoms with van der Waals surface area (Å²) in [6, 6.07) is 12.7. The zero-order valence-electron chi connectivity index (χ0n) is 10.9. The first-order valence-electron chi connectivity index (χ1n) is 6.23. The van der Waals surface area contributed by atoms with Crippen LogP contribution in [-0.4, -0.2) is 17.1 Å². The number of nitrogens with zero attached hydrogens (tertiary/aromatic N) is 1. The van der Waals surface area contributed by atoms with E-state index in [-0.39, 0.29) is 11.5 Å². The number of thiophene rings is 1. The third-order valence-corrected chi connectivity index (χ3v) is 3.77. The van der Waals surface area contributed by atoms with Crippen molar-refractivity contribution in [2.75, 3.05) is 0 Å². The van der Waals surface area contributed by atoms with Crippen molar-refractivity contribution in [3.05, 3.63) is 68.6 Å². The van der Waals surface area contributed by atoms with Crippen LogP contribution in [0, 0.1) is 0 Å². The van der Waals surface area contributed by atoms with Gasteiger partial charge in [-0.1, -0.05) is 24.3 Å². The highest BCUT2D eigenvalue weighted by Crippen LogP contribution is 2.09. The standard InChI is InChI=1S/C15H11N3O2S/c19-14-11(8-10-4-1-2-5-12(10)17-14)9-16-18-15(20)13-6-3-7-21-13/h1-9H,(H,17,19)(H,18,20)/b16-9+. The first kappa shape index (κ1) is 13.3. The molecule has 3 rings (SSSR count). The number of carbonyl (C=O) groups is 1. The van der Waals surface area contributed by atoms with E-state index in [1.807, 2.05) is 29.6 Å². The van der Waals surface area contributed by atoms with Crippen molar-refractivity contribution >= 4 is 34.4 Å². The maximum Gasteiger partial charge on any atom is 0.281 e. The van der Waals surface area contributed by atoms with Gasteiger partial charge in [-0.3, -0.25) is 9.59 Å². The fourth-order valence-corrected chi connectivity index (χ4v) is 2.50. The predicted octanol–water partition coefficient (Wildman–Crippen LogP) is 2.35. The van der Waals surface area contributed by atoms with Gasteiger partial charge in [0, 0.05) is 5.52 Å². The first-order valence-corrected chi connectivity index (χ1v) is 7.11. The number of benzene rings is 1. The summed E-state index contributed by atoms with van der Waals surface area (Å²) >= 11 is 1.33. The molecule has 104 valence electrons. The summed E-state index contributed by atoms with van der Waals surface area (Å²) in [7, 11) is 0. The van der Waals surface area contributed by atoms with Crippen LogP contribution in [0.3, 0.4) is 0 Å². The number of H-pyrrole nitrogens is 1. The number of hydrazone groups is 1. The summed E-state index contributed by atoms with van der Waals surface area (Å²) in [6.45, 7) is 0. The minimum atomic E-state index is -0.293. The molecule has 0 saturated heterocycles. The van der Waals surface area contributed by atoms with E-state index in [1.54, 1.807) is 18.2 Å². The molecular formula is C15H11N3O2S. The molecule has 0 aliphatic rings. The Kier molecular flexibility index (Phi) is 3.61. The molecule has 0 unspecified atom stereocenters. The van der Waals surface area contributed by atoms with Crippen LogP contribution in [0.15, 0.2) is 57.7 Å². The van der Waals surface area contributed by atoms with E-state index in [2.05, 4.69) is 15.5 Å². The molecule has 2 heterocycles. The third-order valence-electron chi connectivity index (χ3n) is 2.90. The summed E-state index contributed by atoms with van der Waals surface area (Å²) in [5.74, 6) is -0.293. The van der Waals surface area contributed by atoms with E-state index in [4.69, 9.17) is 0 Å². The van der Waals surface area contributed by atoms with Gasteiger partial charge in [-0.25, -0.2) is 5.43 Å². The Balaban J connectivity index is 1.81. The van der Waals surface area contributed by atoms with Gasteiger partial charge in [-0.2, -0.15) is 5.10 Å². The monoisotopic (exact) mass is 297 g/mol. The van der Waals surface area contributed by atoms with Crippen molar-refractivity contribution in [3.63, 3.8) is 0 Å². The highest BCUT2D eigenvalue weighted by Gasteiger charge is 2.04. The lowest BCUT2D eigenvalue weighted by atomic mass is 10.2. The Morgan fingerprint density at radius 3 is 2.90 bits per heavy atom. The van der Waals surface area contributed by atoms with Gasteiger partial charge < -0.3 is 4.98 Å². The Morgan fingerprint density at radius 1 is 1.24 bits per heavy atom. The molecule has 5 nitrogen and oxygen atoms in total. The van der Waals surface area contributed by atoms with Crippen molar-refractivity contribution in [1.82, 2.24) is 10.4 Å². The van der Waals surface area contributed by atoms with Crippen molar-refractivity contribution in [1.29, 1.82) is 0 Å². The summed E-state index contributed by atoms with van der Waals surface area (Å²) in [4.78, 5) is 26.9. The number of rotatable bonds is 3. The third kappa shape index (κ3) is 2.90. The maximum atomic E-state index is 11.9. The van der Waals surface area contributed by atoms with E-state index in [0.29, 0.717) is 10.4 Å². The maximum absolute atomic E-state index is 11.9. The highest BCUT2D eigenvalue weighted by molar-refractivity contribution is 7.12. The van der Waals surface area contributed by atoms with Crippen LogP contribution in [-0.2, 0) is 0 Å². The second kappa shape index (κ2) is 5.72. The number of carbonyl (C=O) groups excluding carboxylic acids is 1. The number of aromatic amines is 1. The Hall–Kier alpha value is -2.73. The van der Waals surface area contributed by atoms with Gasteiger partial charge >= 0.3 is 0 Å². The Morgan fingerprint density at radius 2 is 2.10 bits per heavy atom. The van der Waals surface area contributed by atoms with Gasteiger partial charge in [-0.05, 0) is 29.0 Å². The normalized spacial score (nSPS) is 11.0. The van der Waals surface area contributed by atoms with Gasteiger partial charge in [-0.15, -0.1) is 11.3 Å². The summed E-state index contributed by atoms with van der Waals surface area (Å²) in [5, 5.41) is 6.55. The number of aromatic nitrogens is 1. The topological polar surface area (TPSA) is 74.3 Å². The fraction of sp³-hybridized carbons (Fsp3) is 0. The van der Waals surface area contributed by atoms with Crippen LogP contribution in [0.2, 0.25) is 0 Å². The van der Waals surface area contributed by atoms with Gasteiger partial charge in [0.15, 0.2) is 0 Å². The molecule has 6 heteroatoms. The zero-order chi connectivity index (χ0) is 14.7. The smallest absolute Gasteiger partial charge is 0.281 e. The number of nitrogens with one attached hydrogen (secondary N) is 2. The van der Waals surface area contributed by atoms with E-state index in [9.17, 15) is 9.59 Å². The lowest BCUT2D eigenvalue weighted by molar-refractivity contribution is 0.0959. The average Bonchev–Trinajstić information content (AvgIpc) is 3.02. The van der Waals surface area contributed by atoms with Gasteiger partial charge in [0.05, 0.1) is 16.7 Å². The summed E-state index contributed by atoms with van der Waals surface area (Å²) in [6.07, 6.45) is 1.34. The molecule has 0 spiro atoms. The molecular weight excluding hydrogens is 286 g/mol. The molecule has 1 amide bonds. The second-order valence-electron chi connectivity index (χ2n) is 4.32. The van der Waals surface area contributed by atoms with Crippen LogP contribution in [0.4, 0.5) is 0 Å². The Labute approximate surface area is 123 Å². The molecule has 0 radical (unpaired) electrons. The molecule has 2 aromatic heterocycles. The number of para-hydroxylation sites is 1. The molecule has 3 aromatic rings. The van der Waals surface area contributed by atoms with Gasteiger partial charge in [0.1, 0.15) is 0 Å². The average molecular weight is 297 g/mol. The van der Waals surface area contributed by atoms with Crippen molar-refractivity contribution in [3.8, 4) is 0 Å². The van der Waals surface area contributed by atoms with Crippen molar-refractivity contribution in [2.45, 2.75) is 0 Å². The number of hydrogen-bond donors (Lipinski definition) is 2. The van der Waals surface area contributed by atoms with Crippen LogP contribution >= 0.6 is 11.3 Å². The highest BCUT2D eigenvalue weighted by atomic mass is 32.1. The minimum Gasteiger partial charge on any atom is -0.321 e. The predicted molar refractivity (Wildman–Crippen MR) is 83.9 cm³/mol. The van der Waals surface area contributed by atoms with E-state index in [1.165, 1.54) is 17.6 Å². The van der Waals surface area contributed by atoms with Crippen LogP contribution < -0.4 is 11.0 Å². The molecule has 0 bridgehead atoms.